The van der Waals surface area contributed by atoms with Gasteiger partial charge in [-0.25, -0.2) is 0 Å². The van der Waals surface area contributed by atoms with Crippen LogP contribution in [-0.4, -0.2) is 41.8 Å². The molecule has 0 radical (unpaired) electrons. The number of piperidine rings is 1. The van der Waals surface area contributed by atoms with Crippen molar-refractivity contribution in [3.05, 3.63) is 29.3 Å². The van der Waals surface area contributed by atoms with Crippen LogP contribution in [0.4, 0.5) is 5.69 Å². The van der Waals surface area contributed by atoms with Crippen LogP contribution in [-0.2, 0) is 16.1 Å². The molecule has 4 N–H and O–H groups in total. The van der Waals surface area contributed by atoms with E-state index in [0.717, 1.165) is 50.0 Å². The van der Waals surface area contributed by atoms with Crippen molar-refractivity contribution in [2.75, 3.05) is 18.4 Å². The zero-order valence-corrected chi connectivity index (χ0v) is 14.9. The largest absolute Gasteiger partial charge is 0.385 e. The van der Waals surface area contributed by atoms with Crippen LogP contribution in [0.2, 0.25) is 0 Å². The van der Waals surface area contributed by atoms with Crippen LogP contribution in [0.1, 0.15) is 54.4 Å². The fraction of sp³-hybridized carbons (Fsp3) is 0.526. The third-order valence-electron chi connectivity index (χ3n) is 4.98. The van der Waals surface area contributed by atoms with Gasteiger partial charge < -0.3 is 16.0 Å². The average Bonchev–Trinajstić information content (AvgIpc) is 2.94. The fourth-order valence-electron chi connectivity index (χ4n) is 3.54. The van der Waals surface area contributed by atoms with E-state index in [1.54, 1.807) is 4.90 Å². The Morgan fingerprint density at radius 2 is 1.96 bits per heavy atom. The normalized spacial score (nSPS) is 19.5. The lowest BCUT2D eigenvalue weighted by atomic mass is 10.0. The summed E-state index contributed by atoms with van der Waals surface area (Å²) in [5.41, 5.74) is 8.04. The Kier molecular flexibility index (Phi) is 5.88. The van der Waals surface area contributed by atoms with Crippen LogP contribution in [0.25, 0.3) is 0 Å². The number of benzene rings is 1. The van der Waals surface area contributed by atoms with Gasteiger partial charge in [0, 0.05) is 30.8 Å². The molecule has 0 spiro atoms. The van der Waals surface area contributed by atoms with E-state index in [1.165, 1.54) is 0 Å². The lowest BCUT2D eigenvalue weighted by Gasteiger charge is -2.29. The average molecular weight is 358 g/mol. The third kappa shape index (κ3) is 4.04. The smallest absolute Gasteiger partial charge is 0.255 e. The Morgan fingerprint density at radius 1 is 1.15 bits per heavy atom. The number of nitrogens with zero attached hydrogens (tertiary/aromatic N) is 1. The number of anilines is 1. The number of imide groups is 1. The zero-order valence-electron chi connectivity index (χ0n) is 14.9. The summed E-state index contributed by atoms with van der Waals surface area (Å²) < 4.78 is 0. The van der Waals surface area contributed by atoms with E-state index < -0.39 is 6.04 Å². The molecule has 1 fully saturated rings. The van der Waals surface area contributed by atoms with Gasteiger partial charge >= 0.3 is 0 Å². The number of hydrogen-bond donors (Lipinski definition) is 3. The molecule has 1 unspecified atom stereocenters. The first-order chi connectivity index (χ1) is 12.6. The summed E-state index contributed by atoms with van der Waals surface area (Å²) >= 11 is 0. The van der Waals surface area contributed by atoms with Gasteiger partial charge in [-0.05, 0) is 49.6 Å². The highest BCUT2D eigenvalue weighted by Crippen LogP contribution is 2.29. The Labute approximate surface area is 153 Å². The van der Waals surface area contributed by atoms with Gasteiger partial charge in [0.15, 0.2) is 0 Å². The third-order valence-corrected chi connectivity index (χ3v) is 4.98. The van der Waals surface area contributed by atoms with Crippen LogP contribution >= 0.6 is 0 Å². The van der Waals surface area contributed by atoms with Crippen LogP contribution in [0.5, 0.6) is 0 Å². The first-order valence-electron chi connectivity index (χ1n) is 9.31. The summed E-state index contributed by atoms with van der Waals surface area (Å²) in [5.74, 6) is -0.783. The maximum atomic E-state index is 12.6. The standard InChI is InChI=1S/C19H26N4O3/c20-9-3-1-2-4-10-21-14-5-6-15-13(11-14)12-23(19(15)26)16-7-8-17(24)22-18(16)25/h5-6,11,16,21H,1-4,7-10,12,20H2,(H,22,24,25). The van der Waals surface area contributed by atoms with E-state index in [2.05, 4.69) is 10.6 Å². The van der Waals surface area contributed by atoms with E-state index in [0.29, 0.717) is 18.5 Å². The van der Waals surface area contributed by atoms with E-state index in [9.17, 15) is 14.4 Å². The summed E-state index contributed by atoms with van der Waals surface area (Å²) in [5, 5.41) is 5.71. The lowest BCUT2D eigenvalue weighted by molar-refractivity contribution is -0.136. The molecular weight excluding hydrogens is 332 g/mol. The monoisotopic (exact) mass is 358 g/mol. The van der Waals surface area contributed by atoms with Gasteiger partial charge in [0.1, 0.15) is 6.04 Å². The van der Waals surface area contributed by atoms with Crippen molar-refractivity contribution in [3.63, 3.8) is 0 Å². The van der Waals surface area contributed by atoms with Gasteiger partial charge in [0.2, 0.25) is 11.8 Å². The molecule has 3 amide bonds. The molecule has 1 atom stereocenters. The van der Waals surface area contributed by atoms with Gasteiger partial charge in [-0.3, -0.25) is 19.7 Å². The molecule has 1 saturated heterocycles. The Balaban J connectivity index is 1.58. The second kappa shape index (κ2) is 8.31. The molecule has 1 aromatic carbocycles. The van der Waals surface area contributed by atoms with Gasteiger partial charge in [0.25, 0.3) is 5.91 Å². The number of fused-ring (bicyclic) bond motifs is 1. The van der Waals surface area contributed by atoms with Crippen LogP contribution < -0.4 is 16.4 Å². The highest BCUT2D eigenvalue weighted by molar-refractivity contribution is 6.05. The van der Waals surface area contributed by atoms with E-state index in [4.69, 9.17) is 5.73 Å². The number of nitrogens with one attached hydrogen (secondary N) is 2. The van der Waals surface area contributed by atoms with E-state index >= 15 is 0 Å². The molecule has 0 saturated carbocycles. The molecule has 2 heterocycles. The molecule has 7 nitrogen and oxygen atoms in total. The van der Waals surface area contributed by atoms with Crippen molar-refractivity contribution in [1.82, 2.24) is 10.2 Å². The molecule has 0 aliphatic carbocycles. The Morgan fingerprint density at radius 3 is 2.73 bits per heavy atom. The Hall–Kier alpha value is -2.41. The number of rotatable bonds is 8. The zero-order chi connectivity index (χ0) is 18.5. The summed E-state index contributed by atoms with van der Waals surface area (Å²) in [6, 6.07) is 5.15. The second-order valence-corrected chi connectivity index (χ2v) is 6.90. The number of nitrogens with two attached hydrogens (primary N) is 1. The number of unbranched alkanes of at least 4 members (excludes halogenated alkanes) is 3. The molecule has 26 heavy (non-hydrogen) atoms. The minimum absolute atomic E-state index is 0.136. The fourth-order valence-corrected chi connectivity index (χ4v) is 3.54. The number of carbonyl (C=O) groups excluding carboxylic acids is 3. The number of hydrogen-bond acceptors (Lipinski definition) is 5. The molecule has 140 valence electrons. The molecule has 0 aromatic heterocycles. The SMILES string of the molecule is NCCCCCCNc1ccc2c(c1)CN(C1CCC(=O)NC1=O)C2=O. The van der Waals surface area contributed by atoms with E-state index in [-0.39, 0.29) is 24.1 Å². The van der Waals surface area contributed by atoms with Crippen molar-refractivity contribution in [3.8, 4) is 0 Å². The molecule has 0 bridgehead atoms. The van der Waals surface area contributed by atoms with Crippen molar-refractivity contribution < 1.29 is 14.4 Å². The maximum absolute atomic E-state index is 12.6. The van der Waals surface area contributed by atoms with Crippen molar-refractivity contribution in [1.29, 1.82) is 0 Å². The van der Waals surface area contributed by atoms with Crippen LogP contribution in [0, 0.1) is 0 Å². The first-order valence-corrected chi connectivity index (χ1v) is 9.31. The minimum atomic E-state index is -0.563. The maximum Gasteiger partial charge on any atom is 0.255 e. The highest BCUT2D eigenvalue weighted by atomic mass is 16.2. The van der Waals surface area contributed by atoms with E-state index in [1.807, 2.05) is 18.2 Å². The lowest BCUT2D eigenvalue weighted by Crippen LogP contribution is -2.52. The molecule has 3 rings (SSSR count). The van der Waals surface area contributed by atoms with Crippen LogP contribution in [0.15, 0.2) is 18.2 Å². The highest BCUT2D eigenvalue weighted by Gasteiger charge is 2.38. The molecule has 1 aromatic rings. The predicted octanol–water partition coefficient (Wildman–Crippen LogP) is 1.38. The van der Waals surface area contributed by atoms with Crippen molar-refractivity contribution in [2.45, 2.75) is 51.1 Å². The summed E-state index contributed by atoms with van der Waals surface area (Å²) in [6.07, 6.45) is 5.11. The molecular formula is C19H26N4O3. The van der Waals surface area contributed by atoms with Gasteiger partial charge in [0.05, 0.1) is 0 Å². The Bertz CT molecular complexity index is 704. The topological polar surface area (TPSA) is 105 Å². The van der Waals surface area contributed by atoms with Gasteiger partial charge in [-0.15, -0.1) is 0 Å². The van der Waals surface area contributed by atoms with Crippen molar-refractivity contribution in [2.24, 2.45) is 5.73 Å². The number of carbonyl (C=O) groups is 3. The van der Waals surface area contributed by atoms with Gasteiger partial charge in [-0.1, -0.05) is 12.8 Å². The summed E-state index contributed by atoms with van der Waals surface area (Å²) in [6.45, 7) is 2.04. The molecule has 2 aliphatic rings. The minimum Gasteiger partial charge on any atom is -0.385 e. The molecule has 7 heteroatoms. The first kappa shape index (κ1) is 18.4. The molecule has 2 aliphatic heterocycles. The summed E-state index contributed by atoms with van der Waals surface area (Å²) in [7, 11) is 0. The van der Waals surface area contributed by atoms with Crippen LogP contribution in [0.3, 0.4) is 0 Å². The van der Waals surface area contributed by atoms with Gasteiger partial charge in [-0.2, -0.15) is 0 Å². The quantitative estimate of drug-likeness (QED) is 0.481. The second-order valence-electron chi connectivity index (χ2n) is 6.90. The predicted molar refractivity (Wildman–Crippen MR) is 98.5 cm³/mol. The van der Waals surface area contributed by atoms with Crippen molar-refractivity contribution >= 4 is 23.4 Å². The summed E-state index contributed by atoms with van der Waals surface area (Å²) in [4.78, 5) is 37.6. The number of amides is 3.